The van der Waals surface area contributed by atoms with Crippen LogP contribution in [0.4, 0.5) is 4.39 Å². The predicted molar refractivity (Wildman–Crippen MR) is 131 cm³/mol. The Bertz CT molecular complexity index is 1110. The van der Waals surface area contributed by atoms with Gasteiger partial charge >= 0.3 is 0 Å². The first-order valence-corrected chi connectivity index (χ1v) is 12.0. The summed E-state index contributed by atoms with van der Waals surface area (Å²) in [7, 11) is 4.39. The van der Waals surface area contributed by atoms with Gasteiger partial charge in [0, 0.05) is 28.7 Å². The van der Waals surface area contributed by atoms with E-state index in [0.29, 0.717) is 0 Å². The van der Waals surface area contributed by atoms with Crippen molar-refractivity contribution in [3.05, 3.63) is 77.2 Å². The molecule has 0 radical (unpaired) electrons. The molecule has 32 heavy (non-hydrogen) atoms. The second-order valence-electron chi connectivity index (χ2n) is 9.69. The number of allylic oxidation sites excluding steroid dienone is 1. The van der Waals surface area contributed by atoms with E-state index in [1.165, 1.54) is 48.3 Å². The van der Waals surface area contributed by atoms with Gasteiger partial charge in [-0.3, -0.25) is 4.90 Å². The summed E-state index contributed by atoms with van der Waals surface area (Å²) in [5.41, 5.74) is 6.35. The molecule has 168 valence electrons. The molecule has 0 amide bonds. The molecule has 1 aliphatic heterocycles. The molecular formula is C28H34FN3. The van der Waals surface area contributed by atoms with Crippen LogP contribution in [-0.4, -0.2) is 48.5 Å². The van der Waals surface area contributed by atoms with Gasteiger partial charge < -0.3 is 9.88 Å². The smallest absolute Gasteiger partial charge is 0.123 e. The second kappa shape index (κ2) is 8.84. The fourth-order valence-corrected chi connectivity index (χ4v) is 5.77. The van der Waals surface area contributed by atoms with E-state index in [2.05, 4.69) is 65.3 Å². The lowest BCUT2D eigenvalue weighted by Gasteiger charge is -2.43. The maximum Gasteiger partial charge on any atom is 0.123 e. The Hall–Kier alpha value is -2.43. The average Bonchev–Trinajstić information content (AvgIpc) is 3.46. The molecular weight excluding hydrogens is 397 g/mol. The molecule has 1 aliphatic carbocycles. The second-order valence-corrected chi connectivity index (χ2v) is 9.69. The first-order chi connectivity index (χ1) is 15.6. The average molecular weight is 432 g/mol. The maximum absolute atomic E-state index is 14.1. The summed E-state index contributed by atoms with van der Waals surface area (Å²) in [6.07, 6.45) is 9.06. The van der Waals surface area contributed by atoms with E-state index in [1.807, 2.05) is 6.07 Å². The number of aromatic amines is 1. The first-order valence-electron chi connectivity index (χ1n) is 12.0. The third kappa shape index (κ3) is 3.91. The zero-order valence-electron chi connectivity index (χ0n) is 19.3. The molecule has 1 aromatic heterocycles. The Kier molecular flexibility index (Phi) is 5.92. The molecule has 1 unspecified atom stereocenters. The zero-order valence-corrected chi connectivity index (χ0v) is 19.3. The largest absolute Gasteiger partial charge is 0.355 e. The maximum atomic E-state index is 14.1. The zero-order chi connectivity index (χ0) is 22.1. The minimum Gasteiger partial charge on any atom is -0.355 e. The van der Waals surface area contributed by atoms with E-state index in [-0.39, 0.29) is 11.4 Å². The molecule has 0 saturated carbocycles. The lowest BCUT2D eigenvalue weighted by atomic mass is 9.75. The van der Waals surface area contributed by atoms with Crippen molar-refractivity contribution in [1.82, 2.24) is 14.8 Å². The highest BCUT2D eigenvalue weighted by atomic mass is 19.1. The number of halogens is 1. The van der Waals surface area contributed by atoms with Crippen molar-refractivity contribution in [2.45, 2.75) is 44.1 Å². The topological polar surface area (TPSA) is 22.3 Å². The lowest BCUT2D eigenvalue weighted by molar-refractivity contribution is 0.138. The van der Waals surface area contributed by atoms with Crippen molar-refractivity contribution in [3.63, 3.8) is 0 Å². The molecule has 5 rings (SSSR count). The van der Waals surface area contributed by atoms with Crippen LogP contribution in [0.2, 0.25) is 0 Å². The van der Waals surface area contributed by atoms with Gasteiger partial charge in [0.1, 0.15) is 5.82 Å². The van der Waals surface area contributed by atoms with E-state index < -0.39 is 0 Å². The van der Waals surface area contributed by atoms with Crippen LogP contribution in [0, 0.1) is 5.82 Å². The van der Waals surface area contributed by atoms with Crippen molar-refractivity contribution in [2.24, 2.45) is 0 Å². The fourth-order valence-electron chi connectivity index (χ4n) is 5.77. The van der Waals surface area contributed by atoms with E-state index >= 15 is 0 Å². The monoisotopic (exact) mass is 431 g/mol. The van der Waals surface area contributed by atoms with Gasteiger partial charge in [-0.25, -0.2) is 4.39 Å². The molecule has 1 saturated heterocycles. The molecule has 1 atom stereocenters. The Labute approximate surface area is 190 Å². The quantitative estimate of drug-likeness (QED) is 0.519. The third-order valence-electron chi connectivity index (χ3n) is 7.73. The molecule has 1 fully saturated rings. The predicted octanol–water partition coefficient (Wildman–Crippen LogP) is 5.97. The van der Waals surface area contributed by atoms with Crippen molar-refractivity contribution < 1.29 is 4.39 Å². The van der Waals surface area contributed by atoms with Gasteiger partial charge in [0.15, 0.2) is 0 Å². The van der Waals surface area contributed by atoms with Crippen LogP contribution in [-0.2, 0) is 12.0 Å². The van der Waals surface area contributed by atoms with Gasteiger partial charge in [-0.05, 0) is 101 Å². The molecule has 4 heteroatoms. The van der Waals surface area contributed by atoms with E-state index in [4.69, 9.17) is 0 Å². The molecule has 0 bridgehead atoms. The number of benzene rings is 2. The summed E-state index contributed by atoms with van der Waals surface area (Å²) < 4.78 is 14.1. The van der Waals surface area contributed by atoms with E-state index in [9.17, 15) is 4.39 Å². The Balaban J connectivity index is 1.49. The van der Waals surface area contributed by atoms with Gasteiger partial charge in [-0.1, -0.05) is 36.4 Å². The number of hydrogen-bond donors (Lipinski definition) is 1. The van der Waals surface area contributed by atoms with Gasteiger partial charge in [0.25, 0.3) is 0 Å². The van der Waals surface area contributed by atoms with Gasteiger partial charge in [0.2, 0.25) is 0 Å². The number of hydrogen-bond acceptors (Lipinski definition) is 2. The highest BCUT2D eigenvalue weighted by molar-refractivity contribution is 5.89. The Morgan fingerprint density at radius 3 is 2.53 bits per heavy atom. The summed E-state index contributed by atoms with van der Waals surface area (Å²) in [5, 5.41) is 1.05. The number of aromatic nitrogens is 1. The van der Waals surface area contributed by atoms with Gasteiger partial charge in [-0.2, -0.15) is 0 Å². The standard InChI is InChI=1S/C28H34FN3/c1-31(2)28(22-8-4-3-5-9-22)15-12-21(13-16-28)27-24(14-19-32-17-6-7-18-32)25-20-23(29)10-11-26(25)30-27/h3-5,8-12,20,30H,6-7,13-19H2,1-2H3. The third-order valence-corrected chi connectivity index (χ3v) is 7.73. The van der Waals surface area contributed by atoms with E-state index in [1.54, 1.807) is 12.1 Å². The number of rotatable bonds is 6. The minimum atomic E-state index is -0.154. The highest BCUT2D eigenvalue weighted by Crippen LogP contribution is 2.43. The Morgan fingerprint density at radius 2 is 1.84 bits per heavy atom. The first kappa shape index (κ1) is 21.4. The Morgan fingerprint density at radius 1 is 1.06 bits per heavy atom. The van der Waals surface area contributed by atoms with Crippen LogP contribution in [0.5, 0.6) is 0 Å². The summed E-state index contributed by atoms with van der Waals surface area (Å²) in [4.78, 5) is 8.59. The van der Waals surface area contributed by atoms with Crippen LogP contribution in [0.25, 0.3) is 16.5 Å². The molecule has 2 aliphatic rings. The normalized spacial score (nSPS) is 22.1. The minimum absolute atomic E-state index is 0.0264. The summed E-state index contributed by atoms with van der Waals surface area (Å²) in [6.45, 7) is 3.43. The van der Waals surface area contributed by atoms with Gasteiger partial charge in [-0.15, -0.1) is 0 Å². The number of nitrogens with one attached hydrogen (secondary N) is 1. The number of likely N-dealkylation sites (tertiary alicyclic amines) is 1. The summed E-state index contributed by atoms with van der Waals surface area (Å²) >= 11 is 0. The SMILES string of the molecule is CN(C)C1(c2ccccc2)CC=C(c2[nH]c3ccc(F)cc3c2CCN2CCCC2)CC1. The van der Waals surface area contributed by atoms with Crippen LogP contribution < -0.4 is 0 Å². The highest BCUT2D eigenvalue weighted by Gasteiger charge is 2.36. The summed E-state index contributed by atoms with van der Waals surface area (Å²) in [5.74, 6) is -0.154. The number of fused-ring (bicyclic) bond motifs is 1. The van der Waals surface area contributed by atoms with Crippen LogP contribution in [0.15, 0.2) is 54.6 Å². The van der Waals surface area contributed by atoms with Crippen LogP contribution in [0.3, 0.4) is 0 Å². The molecule has 2 aromatic carbocycles. The molecule has 0 spiro atoms. The van der Waals surface area contributed by atoms with Crippen molar-refractivity contribution in [1.29, 1.82) is 0 Å². The van der Waals surface area contributed by atoms with E-state index in [0.717, 1.165) is 43.1 Å². The fraction of sp³-hybridized carbons (Fsp3) is 0.429. The van der Waals surface area contributed by atoms with Crippen molar-refractivity contribution in [3.8, 4) is 0 Å². The van der Waals surface area contributed by atoms with Gasteiger partial charge in [0.05, 0.1) is 0 Å². The molecule has 3 nitrogen and oxygen atoms in total. The molecule has 1 N–H and O–H groups in total. The summed E-state index contributed by atoms with van der Waals surface area (Å²) in [6, 6.07) is 16.1. The lowest BCUT2D eigenvalue weighted by Crippen LogP contribution is -2.42. The van der Waals surface area contributed by atoms with Crippen LogP contribution >= 0.6 is 0 Å². The van der Waals surface area contributed by atoms with Crippen molar-refractivity contribution in [2.75, 3.05) is 33.7 Å². The van der Waals surface area contributed by atoms with Crippen molar-refractivity contribution >= 4 is 16.5 Å². The molecule has 2 heterocycles. The van der Waals surface area contributed by atoms with Crippen LogP contribution in [0.1, 0.15) is 48.9 Å². The molecule has 3 aromatic rings. The number of H-pyrrole nitrogens is 1. The number of nitrogens with zero attached hydrogens (tertiary/aromatic N) is 2.